The third kappa shape index (κ3) is 3.64. The lowest BCUT2D eigenvalue weighted by Gasteiger charge is -2.38. The van der Waals surface area contributed by atoms with Crippen molar-refractivity contribution in [1.82, 2.24) is 14.8 Å². The molecule has 0 saturated carbocycles. The van der Waals surface area contributed by atoms with E-state index in [9.17, 15) is 8.42 Å². The van der Waals surface area contributed by atoms with Gasteiger partial charge in [-0.05, 0) is 47.1 Å². The summed E-state index contributed by atoms with van der Waals surface area (Å²) in [6.45, 7) is 8.97. The molecule has 1 N–H and O–H groups in total. The molecule has 120 valence electrons. The predicted octanol–water partition coefficient (Wildman–Crippen LogP) is 1.83. The van der Waals surface area contributed by atoms with Gasteiger partial charge in [0, 0.05) is 18.6 Å². The van der Waals surface area contributed by atoms with E-state index in [0.717, 1.165) is 6.54 Å². The van der Waals surface area contributed by atoms with E-state index in [2.05, 4.69) is 28.6 Å². The summed E-state index contributed by atoms with van der Waals surface area (Å²) < 4.78 is 32.4. The van der Waals surface area contributed by atoms with E-state index < -0.39 is 10.0 Å². The maximum absolute atomic E-state index is 12.4. The van der Waals surface area contributed by atoms with Gasteiger partial charge in [-0.25, -0.2) is 13.1 Å². The Labute approximate surface area is 126 Å². The van der Waals surface area contributed by atoms with Crippen LogP contribution in [0.3, 0.4) is 0 Å². The molecule has 1 aliphatic heterocycles. The van der Waals surface area contributed by atoms with E-state index in [-0.39, 0.29) is 10.9 Å². The predicted molar refractivity (Wildman–Crippen MR) is 80.6 cm³/mol. The van der Waals surface area contributed by atoms with Crippen LogP contribution in [0.5, 0.6) is 0 Å². The molecule has 1 fully saturated rings. The van der Waals surface area contributed by atoms with E-state index >= 15 is 0 Å². The summed E-state index contributed by atoms with van der Waals surface area (Å²) in [6, 6.07) is 0.688. The molecule has 0 spiro atoms. The van der Waals surface area contributed by atoms with E-state index in [4.69, 9.17) is 4.52 Å². The molecule has 0 bridgehead atoms. The molecule has 2 heterocycles. The first-order valence-electron chi connectivity index (χ1n) is 7.51. The lowest BCUT2D eigenvalue weighted by atomic mass is 10.0. The fourth-order valence-electron chi connectivity index (χ4n) is 3.05. The maximum atomic E-state index is 12.4. The molecule has 1 saturated heterocycles. The SMILES string of the molecule is Cc1noc(C)c1S(=O)(=O)NC[C@H](C)N1CCCC[C@@H]1C. The number of sulfonamides is 1. The molecule has 1 aliphatic rings. The second-order valence-electron chi connectivity index (χ2n) is 5.94. The fraction of sp³-hybridized carbons (Fsp3) is 0.786. The molecule has 7 heteroatoms. The van der Waals surface area contributed by atoms with Crippen molar-refractivity contribution in [3.05, 3.63) is 11.5 Å². The van der Waals surface area contributed by atoms with Crippen molar-refractivity contribution in [2.45, 2.75) is 63.9 Å². The Hall–Kier alpha value is -0.920. The van der Waals surface area contributed by atoms with Gasteiger partial charge in [-0.3, -0.25) is 4.90 Å². The van der Waals surface area contributed by atoms with Crippen LogP contribution < -0.4 is 4.72 Å². The van der Waals surface area contributed by atoms with Crippen LogP contribution in [-0.2, 0) is 10.0 Å². The molecule has 0 aliphatic carbocycles. The van der Waals surface area contributed by atoms with Crippen LogP contribution in [0.1, 0.15) is 44.6 Å². The molecule has 0 aromatic carbocycles. The molecule has 0 unspecified atom stereocenters. The Bertz CT molecular complexity index is 563. The topological polar surface area (TPSA) is 75.4 Å². The first-order valence-corrected chi connectivity index (χ1v) is 8.99. The largest absolute Gasteiger partial charge is 0.360 e. The van der Waals surface area contributed by atoms with Crippen molar-refractivity contribution in [2.24, 2.45) is 0 Å². The van der Waals surface area contributed by atoms with Crippen LogP contribution in [0, 0.1) is 13.8 Å². The highest BCUT2D eigenvalue weighted by molar-refractivity contribution is 7.89. The van der Waals surface area contributed by atoms with Gasteiger partial charge >= 0.3 is 0 Å². The van der Waals surface area contributed by atoms with Crippen molar-refractivity contribution in [1.29, 1.82) is 0 Å². The maximum Gasteiger partial charge on any atom is 0.246 e. The molecule has 1 aromatic heterocycles. The van der Waals surface area contributed by atoms with Crippen molar-refractivity contribution >= 4 is 10.0 Å². The van der Waals surface area contributed by atoms with Crippen molar-refractivity contribution < 1.29 is 12.9 Å². The minimum atomic E-state index is -3.56. The van der Waals surface area contributed by atoms with Crippen molar-refractivity contribution in [3.8, 4) is 0 Å². The van der Waals surface area contributed by atoms with Crippen LogP contribution in [0.15, 0.2) is 9.42 Å². The zero-order chi connectivity index (χ0) is 15.6. The summed E-state index contributed by atoms with van der Waals surface area (Å²) in [7, 11) is -3.56. The highest BCUT2D eigenvalue weighted by Crippen LogP contribution is 2.21. The number of hydrogen-bond acceptors (Lipinski definition) is 5. The summed E-state index contributed by atoms with van der Waals surface area (Å²) >= 11 is 0. The number of nitrogens with zero attached hydrogens (tertiary/aromatic N) is 2. The Morgan fingerprint density at radius 3 is 2.71 bits per heavy atom. The van der Waals surface area contributed by atoms with E-state index in [0.29, 0.717) is 24.0 Å². The minimum absolute atomic E-state index is 0.168. The first kappa shape index (κ1) is 16.5. The molecule has 0 amide bonds. The van der Waals surface area contributed by atoms with Gasteiger partial charge in [0.2, 0.25) is 10.0 Å². The second-order valence-corrected chi connectivity index (χ2v) is 7.64. The Morgan fingerprint density at radius 1 is 1.43 bits per heavy atom. The summed E-state index contributed by atoms with van der Waals surface area (Å²) in [5.74, 6) is 0.332. The van der Waals surface area contributed by atoms with Crippen molar-refractivity contribution in [2.75, 3.05) is 13.1 Å². The van der Waals surface area contributed by atoms with Gasteiger partial charge in [0.05, 0.1) is 0 Å². The van der Waals surface area contributed by atoms with Gasteiger partial charge in [-0.15, -0.1) is 0 Å². The molecular weight excluding hydrogens is 290 g/mol. The first-order chi connectivity index (χ1) is 9.83. The smallest absolute Gasteiger partial charge is 0.246 e. The molecule has 21 heavy (non-hydrogen) atoms. The van der Waals surface area contributed by atoms with Gasteiger partial charge in [-0.2, -0.15) is 0 Å². The Kier molecular flexibility index (Phi) is 5.06. The van der Waals surface area contributed by atoms with Gasteiger partial charge in [0.15, 0.2) is 5.76 Å². The molecule has 1 aromatic rings. The van der Waals surface area contributed by atoms with Gasteiger partial charge in [-0.1, -0.05) is 11.6 Å². The van der Waals surface area contributed by atoms with Gasteiger partial charge in [0.25, 0.3) is 0 Å². The summed E-state index contributed by atoms with van der Waals surface area (Å²) in [5, 5.41) is 3.71. The monoisotopic (exact) mass is 315 g/mol. The van der Waals surface area contributed by atoms with Crippen LogP contribution >= 0.6 is 0 Å². The highest BCUT2D eigenvalue weighted by Gasteiger charge is 2.27. The minimum Gasteiger partial charge on any atom is -0.360 e. The molecule has 6 nitrogen and oxygen atoms in total. The standard InChI is InChI=1S/C14H25N3O3S/c1-10-7-5-6-8-17(10)11(2)9-15-21(18,19)14-12(3)16-20-13(14)4/h10-11,15H,5-9H2,1-4H3/t10-,11-/m0/s1. The molecule has 2 atom stereocenters. The summed E-state index contributed by atoms with van der Waals surface area (Å²) in [5.41, 5.74) is 0.402. The third-order valence-electron chi connectivity index (χ3n) is 4.23. The van der Waals surface area contributed by atoms with Crippen molar-refractivity contribution in [3.63, 3.8) is 0 Å². The zero-order valence-electron chi connectivity index (χ0n) is 13.2. The summed E-state index contributed by atoms with van der Waals surface area (Å²) in [6.07, 6.45) is 3.63. The summed E-state index contributed by atoms with van der Waals surface area (Å²) in [4.78, 5) is 2.54. The lowest BCUT2D eigenvalue weighted by molar-refractivity contribution is 0.116. The van der Waals surface area contributed by atoms with Crippen LogP contribution in [0.2, 0.25) is 0 Å². The number of likely N-dealkylation sites (tertiary alicyclic amines) is 1. The number of aromatic nitrogens is 1. The van der Waals surface area contributed by atoms with E-state index in [1.807, 2.05) is 0 Å². The number of nitrogens with one attached hydrogen (secondary N) is 1. The second kappa shape index (κ2) is 6.46. The zero-order valence-corrected chi connectivity index (χ0v) is 14.0. The van der Waals surface area contributed by atoms with Crippen LogP contribution in [0.25, 0.3) is 0 Å². The third-order valence-corrected chi connectivity index (χ3v) is 5.89. The Balaban J connectivity index is 2.02. The van der Waals surface area contributed by atoms with Crippen LogP contribution in [-0.4, -0.2) is 43.6 Å². The number of hydrogen-bond donors (Lipinski definition) is 1. The Morgan fingerprint density at radius 2 is 2.14 bits per heavy atom. The normalized spacial score (nSPS) is 22.4. The molecule has 0 radical (unpaired) electrons. The highest BCUT2D eigenvalue weighted by atomic mass is 32.2. The number of aryl methyl sites for hydroxylation is 2. The number of piperidine rings is 1. The van der Waals surface area contributed by atoms with Gasteiger partial charge in [0.1, 0.15) is 10.6 Å². The van der Waals surface area contributed by atoms with Crippen LogP contribution in [0.4, 0.5) is 0 Å². The average Bonchev–Trinajstić information content (AvgIpc) is 2.77. The van der Waals surface area contributed by atoms with Gasteiger partial charge < -0.3 is 4.52 Å². The molecular formula is C14H25N3O3S. The average molecular weight is 315 g/mol. The number of rotatable bonds is 5. The lowest BCUT2D eigenvalue weighted by Crippen LogP contribution is -2.48. The fourth-order valence-corrected chi connectivity index (χ4v) is 4.50. The van der Waals surface area contributed by atoms with E-state index in [1.165, 1.54) is 19.3 Å². The quantitative estimate of drug-likeness (QED) is 0.897. The van der Waals surface area contributed by atoms with E-state index in [1.54, 1.807) is 13.8 Å². The molecule has 2 rings (SSSR count).